The van der Waals surface area contributed by atoms with E-state index >= 15 is 0 Å². The monoisotopic (exact) mass is 462 g/mol. The van der Waals surface area contributed by atoms with E-state index in [0.717, 1.165) is 77.0 Å². The van der Waals surface area contributed by atoms with Crippen LogP contribution in [0.2, 0.25) is 0 Å². The first-order valence-corrected chi connectivity index (χ1v) is 12.5. The topological polar surface area (TPSA) is 61.9 Å². The fourth-order valence-corrected chi connectivity index (χ4v) is 5.08. The molecule has 0 unspecified atom stereocenters. The van der Waals surface area contributed by atoms with Crippen LogP contribution in [0.4, 0.5) is 5.69 Å². The van der Waals surface area contributed by atoms with Crippen LogP contribution in [0.1, 0.15) is 55.1 Å². The predicted octanol–water partition coefficient (Wildman–Crippen LogP) is 6.40. The van der Waals surface area contributed by atoms with Crippen molar-refractivity contribution in [3.63, 3.8) is 0 Å². The number of piperidine rings is 1. The maximum absolute atomic E-state index is 12.6. The Morgan fingerprint density at radius 1 is 1.06 bits per heavy atom. The molecule has 3 aromatic carbocycles. The number of benzene rings is 3. The molecule has 1 fully saturated rings. The van der Waals surface area contributed by atoms with E-state index in [0.29, 0.717) is 18.5 Å². The normalized spacial score (nSPS) is 13.9. The third-order valence-electron chi connectivity index (χ3n) is 6.85. The standard InChI is InChI=1S/C30H30N4O/c1-3-9-28-32-30-21(2)16-25(33-15-8-7-12-29(33)35)18-27(30)34(28)20-22-13-14-26(24(17-22)19-31)23-10-5-4-6-11-23/h4-6,10-11,13-14,16-18H,3,7-9,12,15,20H2,1-2H3. The zero-order chi connectivity index (χ0) is 24.4. The van der Waals surface area contributed by atoms with E-state index in [1.165, 1.54) is 0 Å². The Kier molecular flexibility index (Phi) is 6.37. The van der Waals surface area contributed by atoms with Crippen LogP contribution in [0.3, 0.4) is 0 Å². The number of hydrogen-bond acceptors (Lipinski definition) is 3. The molecule has 1 aliphatic heterocycles. The number of imidazole rings is 1. The largest absolute Gasteiger partial charge is 0.323 e. The Morgan fingerprint density at radius 3 is 2.63 bits per heavy atom. The Hall–Kier alpha value is -3.91. The van der Waals surface area contributed by atoms with Crippen molar-refractivity contribution in [2.75, 3.05) is 11.4 Å². The molecule has 2 heterocycles. The fourth-order valence-electron chi connectivity index (χ4n) is 5.08. The zero-order valence-corrected chi connectivity index (χ0v) is 20.4. The van der Waals surface area contributed by atoms with Gasteiger partial charge in [-0.25, -0.2) is 4.98 Å². The summed E-state index contributed by atoms with van der Waals surface area (Å²) in [4.78, 5) is 19.5. The zero-order valence-electron chi connectivity index (χ0n) is 20.4. The Labute approximate surface area is 206 Å². The van der Waals surface area contributed by atoms with Crippen LogP contribution >= 0.6 is 0 Å². The van der Waals surface area contributed by atoms with Gasteiger partial charge in [0.15, 0.2) is 0 Å². The number of anilines is 1. The van der Waals surface area contributed by atoms with Crippen LogP contribution in [-0.4, -0.2) is 22.0 Å². The number of carbonyl (C=O) groups is 1. The van der Waals surface area contributed by atoms with Gasteiger partial charge in [0.25, 0.3) is 0 Å². The van der Waals surface area contributed by atoms with Crippen LogP contribution < -0.4 is 4.90 Å². The molecule has 0 spiro atoms. The van der Waals surface area contributed by atoms with Crippen molar-refractivity contribution in [1.29, 1.82) is 5.26 Å². The number of carbonyl (C=O) groups excluding carboxylic acids is 1. The van der Waals surface area contributed by atoms with Crippen molar-refractivity contribution in [2.24, 2.45) is 0 Å². The summed E-state index contributed by atoms with van der Waals surface area (Å²) in [5.74, 6) is 1.24. The minimum absolute atomic E-state index is 0.199. The van der Waals surface area contributed by atoms with E-state index in [4.69, 9.17) is 4.98 Å². The van der Waals surface area contributed by atoms with Gasteiger partial charge >= 0.3 is 0 Å². The van der Waals surface area contributed by atoms with E-state index in [2.05, 4.69) is 42.7 Å². The second kappa shape index (κ2) is 9.76. The molecule has 35 heavy (non-hydrogen) atoms. The minimum atomic E-state index is 0.199. The molecule has 0 aliphatic carbocycles. The van der Waals surface area contributed by atoms with Gasteiger partial charge in [-0.2, -0.15) is 5.26 Å². The Balaban J connectivity index is 1.58. The molecular weight excluding hydrogens is 432 g/mol. The van der Waals surface area contributed by atoms with Crippen molar-refractivity contribution in [3.05, 3.63) is 83.2 Å². The lowest BCUT2D eigenvalue weighted by atomic mass is 9.98. The van der Waals surface area contributed by atoms with Gasteiger partial charge in [0, 0.05) is 31.6 Å². The van der Waals surface area contributed by atoms with Gasteiger partial charge in [0.1, 0.15) is 5.82 Å². The molecule has 4 aromatic rings. The molecule has 1 saturated heterocycles. The summed E-state index contributed by atoms with van der Waals surface area (Å²) in [5.41, 5.74) is 7.81. The summed E-state index contributed by atoms with van der Waals surface area (Å²) in [6.07, 6.45) is 4.49. The van der Waals surface area contributed by atoms with Gasteiger partial charge in [0.2, 0.25) is 5.91 Å². The molecule has 0 bridgehead atoms. The highest BCUT2D eigenvalue weighted by Gasteiger charge is 2.22. The first-order chi connectivity index (χ1) is 17.1. The van der Waals surface area contributed by atoms with Gasteiger partial charge < -0.3 is 9.47 Å². The van der Waals surface area contributed by atoms with Gasteiger partial charge in [-0.15, -0.1) is 0 Å². The second-order valence-electron chi connectivity index (χ2n) is 9.35. The van der Waals surface area contributed by atoms with Crippen molar-refractivity contribution >= 4 is 22.6 Å². The van der Waals surface area contributed by atoms with Gasteiger partial charge in [-0.3, -0.25) is 4.79 Å². The summed E-state index contributed by atoms with van der Waals surface area (Å²) in [5, 5.41) is 9.88. The summed E-state index contributed by atoms with van der Waals surface area (Å²) in [6.45, 7) is 5.64. The lowest BCUT2D eigenvalue weighted by molar-refractivity contribution is -0.119. The number of aryl methyl sites for hydroxylation is 2. The molecule has 0 radical (unpaired) electrons. The third kappa shape index (κ3) is 4.44. The minimum Gasteiger partial charge on any atom is -0.323 e. The number of aromatic nitrogens is 2. The quantitative estimate of drug-likeness (QED) is 0.333. The van der Waals surface area contributed by atoms with Crippen molar-refractivity contribution < 1.29 is 4.79 Å². The average molecular weight is 463 g/mol. The van der Waals surface area contributed by atoms with E-state index in [1.54, 1.807) is 0 Å². The lowest BCUT2D eigenvalue weighted by Crippen LogP contribution is -2.35. The second-order valence-corrected chi connectivity index (χ2v) is 9.35. The lowest BCUT2D eigenvalue weighted by Gasteiger charge is -2.27. The predicted molar refractivity (Wildman–Crippen MR) is 140 cm³/mol. The van der Waals surface area contributed by atoms with E-state index in [9.17, 15) is 10.1 Å². The molecule has 5 rings (SSSR count). The van der Waals surface area contributed by atoms with Crippen LogP contribution in [-0.2, 0) is 17.8 Å². The molecule has 5 heteroatoms. The highest BCUT2D eigenvalue weighted by molar-refractivity contribution is 5.96. The van der Waals surface area contributed by atoms with E-state index < -0.39 is 0 Å². The summed E-state index contributed by atoms with van der Waals surface area (Å²) in [6, 6.07) is 22.8. The summed E-state index contributed by atoms with van der Waals surface area (Å²) in [7, 11) is 0. The first-order valence-electron chi connectivity index (χ1n) is 12.5. The molecular formula is C30H30N4O. The van der Waals surface area contributed by atoms with Crippen LogP contribution in [0.15, 0.2) is 60.7 Å². The Morgan fingerprint density at radius 2 is 1.89 bits per heavy atom. The van der Waals surface area contributed by atoms with Crippen molar-refractivity contribution in [1.82, 2.24) is 9.55 Å². The molecule has 1 aromatic heterocycles. The summed E-state index contributed by atoms with van der Waals surface area (Å²) < 4.78 is 2.27. The molecule has 0 N–H and O–H groups in total. The molecule has 176 valence electrons. The van der Waals surface area contributed by atoms with Gasteiger partial charge in [-0.05, 0) is 66.6 Å². The number of hydrogen-bond donors (Lipinski definition) is 0. The summed E-state index contributed by atoms with van der Waals surface area (Å²) >= 11 is 0. The van der Waals surface area contributed by atoms with Gasteiger partial charge in [-0.1, -0.05) is 49.4 Å². The van der Waals surface area contributed by atoms with Crippen molar-refractivity contribution in [2.45, 2.75) is 52.5 Å². The molecule has 1 amide bonds. The van der Waals surface area contributed by atoms with Crippen LogP contribution in [0.5, 0.6) is 0 Å². The molecule has 0 atom stereocenters. The average Bonchev–Trinajstić information content (AvgIpc) is 3.22. The third-order valence-corrected chi connectivity index (χ3v) is 6.85. The maximum atomic E-state index is 12.6. The molecule has 1 aliphatic rings. The van der Waals surface area contributed by atoms with Crippen LogP contribution in [0.25, 0.3) is 22.2 Å². The number of nitriles is 1. The van der Waals surface area contributed by atoms with Gasteiger partial charge in [0.05, 0.1) is 22.7 Å². The smallest absolute Gasteiger partial charge is 0.226 e. The van der Waals surface area contributed by atoms with Crippen LogP contribution in [0, 0.1) is 18.3 Å². The number of amides is 1. The van der Waals surface area contributed by atoms with Crippen molar-refractivity contribution in [3.8, 4) is 17.2 Å². The molecule has 0 saturated carbocycles. The van der Waals surface area contributed by atoms with E-state index in [1.807, 2.05) is 47.4 Å². The highest BCUT2D eigenvalue weighted by atomic mass is 16.2. The highest BCUT2D eigenvalue weighted by Crippen LogP contribution is 2.31. The Bertz CT molecular complexity index is 1430. The number of rotatable bonds is 6. The first kappa shape index (κ1) is 22.9. The SMILES string of the molecule is CCCc1nc2c(C)cc(N3CCCCC3=O)cc2n1Cc1ccc(-c2ccccc2)c(C#N)c1. The fraction of sp³-hybridized carbons (Fsp3) is 0.300. The number of fused-ring (bicyclic) bond motifs is 1. The number of nitrogens with zero attached hydrogens (tertiary/aromatic N) is 4. The van der Waals surface area contributed by atoms with E-state index in [-0.39, 0.29) is 5.91 Å². The molecule has 5 nitrogen and oxygen atoms in total. The maximum Gasteiger partial charge on any atom is 0.226 e.